The standard InChI is InChI=1S/C16H18.2H3N/c1-11-7-5-9-15(13(11)3)16-10-6-8-12(2)14(16)4;;/h5-10H,1-4H3;2*1H3. The zero-order chi connectivity index (χ0) is 11.7. The summed E-state index contributed by atoms with van der Waals surface area (Å²) in [6, 6.07) is 13.0. The topological polar surface area (TPSA) is 70.0 Å². The van der Waals surface area contributed by atoms with Crippen LogP contribution in [-0.4, -0.2) is 0 Å². The quantitative estimate of drug-likeness (QED) is 0.748. The van der Waals surface area contributed by atoms with Gasteiger partial charge in [-0.1, -0.05) is 36.4 Å². The minimum atomic E-state index is 0. The fraction of sp³-hybridized carbons (Fsp3) is 0.250. The average molecular weight is 244 g/mol. The van der Waals surface area contributed by atoms with E-state index in [1.165, 1.54) is 33.4 Å². The molecule has 2 aromatic carbocycles. The SMILES string of the molecule is Cc1cccc(-c2cccc(C)c2C)c1C.N.N. The molecule has 98 valence electrons. The first-order valence-corrected chi connectivity index (χ1v) is 5.74. The number of aryl methyl sites for hydroxylation is 2. The van der Waals surface area contributed by atoms with E-state index in [1.807, 2.05) is 0 Å². The summed E-state index contributed by atoms with van der Waals surface area (Å²) >= 11 is 0. The van der Waals surface area contributed by atoms with Crippen molar-refractivity contribution >= 4 is 0 Å². The minimum Gasteiger partial charge on any atom is -0.344 e. The van der Waals surface area contributed by atoms with Gasteiger partial charge >= 0.3 is 0 Å². The molecule has 0 unspecified atom stereocenters. The highest BCUT2D eigenvalue weighted by molar-refractivity contribution is 5.72. The predicted octanol–water partition coefficient (Wildman–Crippen LogP) is 4.91. The molecule has 0 atom stereocenters. The summed E-state index contributed by atoms with van der Waals surface area (Å²) in [5, 5.41) is 0. The molecule has 0 saturated heterocycles. The molecule has 18 heavy (non-hydrogen) atoms. The molecule has 2 rings (SSSR count). The van der Waals surface area contributed by atoms with Crippen molar-refractivity contribution in [3.63, 3.8) is 0 Å². The Morgan fingerprint density at radius 2 is 0.889 bits per heavy atom. The van der Waals surface area contributed by atoms with E-state index < -0.39 is 0 Å². The molecule has 0 amide bonds. The number of benzene rings is 2. The summed E-state index contributed by atoms with van der Waals surface area (Å²) in [6.07, 6.45) is 0. The maximum atomic E-state index is 2.21. The van der Waals surface area contributed by atoms with Gasteiger partial charge in [0.25, 0.3) is 0 Å². The lowest BCUT2D eigenvalue weighted by Gasteiger charge is -2.12. The van der Waals surface area contributed by atoms with Crippen LogP contribution in [0.15, 0.2) is 36.4 Å². The molecule has 0 aromatic heterocycles. The summed E-state index contributed by atoms with van der Waals surface area (Å²) < 4.78 is 0. The Morgan fingerprint density at radius 3 is 1.22 bits per heavy atom. The van der Waals surface area contributed by atoms with E-state index in [2.05, 4.69) is 64.1 Å². The van der Waals surface area contributed by atoms with E-state index >= 15 is 0 Å². The van der Waals surface area contributed by atoms with Gasteiger partial charge in [0.05, 0.1) is 0 Å². The van der Waals surface area contributed by atoms with Crippen molar-refractivity contribution in [2.45, 2.75) is 27.7 Å². The average Bonchev–Trinajstić information content (AvgIpc) is 2.27. The second-order valence-corrected chi connectivity index (χ2v) is 4.49. The summed E-state index contributed by atoms with van der Waals surface area (Å²) in [5.74, 6) is 0. The minimum absolute atomic E-state index is 0. The summed E-state index contributed by atoms with van der Waals surface area (Å²) in [5.41, 5.74) is 8.21. The lowest BCUT2D eigenvalue weighted by atomic mass is 9.92. The third kappa shape index (κ3) is 2.78. The molecular formula is C16H24N2. The van der Waals surface area contributed by atoms with Crippen molar-refractivity contribution in [1.82, 2.24) is 12.3 Å². The normalized spacial score (nSPS) is 9.33. The zero-order valence-electron chi connectivity index (χ0n) is 11.9. The largest absolute Gasteiger partial charge is 0.344 e. The molecule has 0 saturated carbocycles. The van der Waals surface area contributed by atoms with E-state index in [0.717, 1.165) is 0 Å². The highest BCUT2D eigenvalue weighted by atomic mass is 14.1. The monoisotopic (exact) mass is 244 g/mol. The van der Waals surface area contributed by atoms with Gasteiger partial charge in [-0.2, -0.15) is 0 Å². The van der Waals surface area contributed by atoms with Gasteiger partial charge in [-0.15, -0.1) is 0 Å². The Bertz CT molecular complexity index is 481. The zero-order valence-corrected chi connectivity index (χ0v) is 11.9. The van der Waals surface area contributed by atoms with Gasteiger partial charge < -0.3 is 12.3 Å². The molecule has 0 spiro atoms. The van der Waals surface area contributed by atoms with Crippen molar-refractivity contribution in [3.8, 4) is 11.1 Å². The first kappa shape index (κ1) is 16.4. The van der Waals surface area contributed by atoms with Crippen molar-refractivity contribution in [3.05, 3.63) is 58.7 Å². The van der Waals surface area contributed by atoms with Crippen LogP contribution in [0.1, 0.15) is 22.3 Å². The Balaban J connectivity index is 0.00000144. The molecule has 2 nitrogen and oxygen atoms in total. The molecule has 0 aliphatic carbocycles. The van der Waals surface area contributed by atoms with Crippen LogP contribution in [0.5, 0.6) is 0 Å². The van der Waals surface area contributed by atoms with Gasteiger partial charge in [0.1, 0.15) is 0 Å². The molecule has 6 N–H and O–H groups in total. The van der Waals surface area contributed by atoms with Gasteiger partial charge in [-0.05, 0) is 61.1 Å². The Morgan fingerprint density at radius 1 is 0.556 bits per heavy atom. The predicted molar refractivity (Wildman–Crippen MR) is 80.9 cm³/mol. The molecule has 2 heteroatoms. The van der Waals surface area contributed by atoms with Crippen molar-refractivity contribution in [2.24, 2.45) is 0 Å². The second kappa shape index (κ2) is 6.34. The first-order valence-electron chi connectivity index (χ1n) is 5.74. The first-order chi connectivity index (χ1) is 7.61. The van der Waals surface area contributed by atoms with E-state index in [4.69, 9.17) is 0 Å². The Kier molecular flexibility index (Phi) is 5.76. The van der Waals surface area contributed by atoms with Gasteiger partial charge in [0.2, 0.25) is 0 Å². The van der Waals surface area contributed by atoms with Crippen LogP contribution in [0.25, 0.3) is 11.1 Å². The van der Waals surface area contributed by atoms with E-state index in [-0.39, 0.29) is 12.3 Å². The Labute approximate surface area is 110 Å². The molecule has 0 heterocycles. The number of hydrogen-bond donors (Lipinski definition) is 2. The van der Waals surface area contributed by atoms with Crippen LogP contribution in [0.4, 0.5) is 0 Å². The molecule has 0 radical (unpaired) electrons. The fourth-order valence-corrected chi connectivity index (χ4v) is 2.09. The maximum absolute atomic E-state index is 2.21. The van der Waals surface area contributed by atoms with Gasteiger partial charge in [-0.25, -0.2) is 0 Å². The lowest BCUT2D eigenvalue weighted by Crippen LogP contribution is -1.91. The smallest absolute Gasteiger partial charge is 0.0149 e. The van der Waals surface area contributed by atoms with Crippen LogP contribution in [0.2, 0.25) is 0 Å². The third-order valence-electron chi connectivity index (χ3n) is 3.50. The molecule has 0 aliphatic rings. The van der Waals surface area contributed by atoms with Gasteiger partial charge in [0.15, 0.2) is 0 Å². The van der Waals surface area contributed by atoms with Crippen LogP contribution in [-0.2, 0) is 0 Å². The second-order valence-electron chi connectivity index (χ2n) is 4.49. The molecular weight excluding hydrogens is 220 g/mol. The lowest BCUT2D eigenvalue weighted by molar-refractivity contribution is 1.30. The Hall–Kier alpha value is -1.64. The molecule has 2 aromatic rings. The van der Waals surface area contributed by atoms with Gasteiger partial charge in [0, 0.05) is 0 Å². The highest BCUT2D eigenvalue weighted by Gasteiger charge is 2.07. The van der Waals surface area contributed by atoms with Crippen LogP contribution in [0, 0.1) is 27.7 Å². The number of hydrogen-bond acceptors (Lipinski definition) is 2. The van der Waals surface area contributed by atoms with Crippen LogP contribution < -0.4 is 12.3 Å². The molecule has 0 fully saturated rings. The van der Waals surface area contributed by atoms with Gasteiger partial charge in [-0.3, -0.25) is 0 Å². The molecule has 0 bridgehead atoms. The maximum Gasteiger partial charge on any atom is -0.0149 e. The van der Waals surface area contributed by atoms with Crippen molar-refractivity contribution in [1.29, 1.82) is 0 Å². The highest BCUT2D eigenvalue weighted by Crippen LogP contribution is 2.29. The van der Waals surface area contributed by atoms with E-state index in [9.17, 15) is 0 Å². The van der Waals surface area contributed by atoms with Crippen molar-refractivity contribution < 1.29 is 0 Å². The van der Waals surface area contributed by atoms with Crippen LogP contribution in [0.3, 0.4) is 0 Å². The third-order valence-corrected chi connectivity index (χ3v) is 3.50. The summed E-state index contributed by atoms with van der Waals surface area (Å²) in [4.78, 5) is 0. The summed E-state index contributed by atoms with van der Waals surface area (Å²) in [6.45, 7) is 8.74. The van der Waals surface area contributed by atoms with Crippen molar-refractivity contribution in [2.75, 3.05) is 0 Å². The molecule has 0 aliphatic heterocycles. The fourth-order valence-electron chi connectivity index (χ4n) is 2.09. The van der Waals surface area contributed by atoms with E-state index in [1.54, 1.807) is 0 Å². The van der Waals surface area contributed by atoms with E-state index in [0.29, 0.717) is 0 Å². The number of rotatable bonds is 1. The summed E-state index contributed by atoms with van der Waals surface area (Å²) in [7, 11) is 0. The van der Waals surface area contributed by atoms with Crippen LogP contribution >= 0.6 is 0 Å².